The molecule has 0 amide bonds. The predicted octanol–water partition coefficient (Wildman–Crippen LogP) is 0.728. The van der Waals surface area contributed by atoms with Crippen LogP contribution in [0, 0.1) is 0 Å². The highest BCUT2D eigenvalue weighted by Crippen LogP contribution is 1.95. The summed E-state index contributed by atoms with van der Waals surface area (Å²) in [7, 11) is 0. The lowest BCUT2D eigenvalue weighted by Gasteiger charge is -1.86. The second-order valence-corrected chi connectivity index (χ2v) is 2.04. The van der Waals surface area contributed by atoms with Gasteiger partial charge in [0.05, 0.1) is 5.69 Å². The van der Waals surface area contributed by atoms with E-state index in [-0.39, 0.29) is 0 Å². The van der Waals surface area contributed by atoms with E-state index in [1.165, 1.54) is 0 Å². The van der Waals surface area contributed by atoms with Gasteiger partial charge in [0.15, 0.2) is 0 Å². The SMILES string of the molecule is CCn1cc(CS)nn1. The molecule has 9 heavy (non-hydrogen) atoms. The molecule has 1 rings (SSSR count). The summed E-state index contributed by atoms with van der Waals surface area (Å²) >= 11 is 4.05. The number of aryl methyl sites for hydroxylation is 1. The topological polar surface area (TPSA) is 30.7 Å². The quantitative estimate of drug-likeness (QED) is 0.619. The second kappa shape index (κ2) is 2.87. The molecule has 0 unspecified atom stereocenters. The zero-order valence-electron chi connectivity index (χ0n) is 5.28. The summed E-state index contributed by atoms with van der Waals surface area (Å²) in [6, 6.07) is 0. The van der Waals surface area contributed by atoms with Crippen LogP contribution in [0.2, 0.25) is 0 Å². The zero-order chi connectivity index (χ0) is 6.69. The summed E-state index contributed by atoms with van der Waals surface area (Å²) in [5, 5.41) is 7.67. The molecular formula is C5H9N3S. The van der Waals surface area contributed by atoms with Gasteiger partial charge in [-0.1, -0.05) is 5.21 Å². The largest absolute Gasteiger partial charge is 0.253 e. The van der Waals surface area contributed by atoms with Crippen LogP contribution in [-0.4, -0.2) is 15.0 Å². The minimum atomic E-state index is 0.667. The van der Waals surface area contributed by atoms with Crippen molar-refractivity contribution in [2.24, 2.45) is 0 Å². The summed E-state index contributed by atoms with van der Waals surface area (Å²) < 4.78 is 1.78. The third-order valence-corrected chi connectivity index (χ3v) is 1.40. The van der Waals surface area contributed by atoms with Crippen LogP contribution in [0.4, 0.5) is 0 Å². The molecular weight excluding hydrogens is 134 g/mol. The van der Waals surface area contributed by atoms with Crippen molar-refractivity contribution in [1.29, 1.82) is 0 Å². The van der Waals surface area contributed by atoms with Gasteiger partial charge in [0.25, 0.3) is 0 Å². The van der Waals surface area contributed by atoms with Crippen molar-refractivity contribution in [3.63, 3.8) is 0 Å². The number of nitrogens with zero attached hydrogens (tertiary/aromatic N) is 3. The van der Waals surface area contributed by atoms with E-state index in [9.17, 15) is 0 Å². The fraction of sp³-hybridized carbons (Fsp3) is 0.600. The normalized spacial score (nSPS) is 10.0. The van der Waals surface area contributed by atoms with E-state index in [0.717, 1.165) is 12.2 Å². The summed E-state index contributed by atoms with van der Waals surface area (Å²) in [5.41, 5.74) is 0.931. The summed E-state index contributed by atoms with van der Waals surface area (Å²) in [5.74, 6) is 0.667. The van der Waals surface area contributed by atoms with Crippen LogP contribution in [0.1, 0.15) is 12.6 Å². The second-order valence-electron chi connectivity index (χ2n) is 1.72. The Hall–Kier alpha value is -0.510. The van der Waals surface area contributed by atoms with Crippen molar-refractivity contribution in [2.45, 2.75) is 19.2 Å². The fourth-order valence-electron chi connectivity index (χ4n) is 0.566. The Morgan fingerprint density at radius 1 is 1.78 bits per heavy atom. The Balaban J connectivity index is 2.74. The average Bonchev–Trinajstić information content (AvgIpc) is 2.34. The monoisotopic (exact) mass is 143 g/mol. The molecule has 0 atom stereocenters. The average molecular weight is 143 g/mol. The lowest BCUT2D eigenvalue weighted by Crippen LogP contribution is -1.93. The third kappa shape index (κ3) is 1.45. The Morgan fingerprint density at radius 2 is 2.56 bits per heavy atom. The molecule has 0 N–H and O–H groups in total. The molecule has 0 spiro atoms. The molecule has 1 aromatic rings. The molecule has 3 nitrogen and oxygen atoms in total. The van der Waals surface area contributed by atoms with Gasteiger partial charge in [0, 0.05) is 18.5 Å². The summed E-state index contributed by atoms with van der Waals surface area (Å²) in [6.45, 7) is 2.90. The van der Waals surface area contributed by atoms with Crippen molar-refractivity contribution in [3.05, 3.63) is 11.9 Å². The molecule has 0 aliphatic carbocycles. The third-order valence-electron chi connectivity index (χ3n) is 1.07. The van der Waals surface area contributed by atoms with Crippen LogP contribution in [0.3, 0.4) is 0 Å². The Bertz CT molecular complexity index is 166. The smallest absolute Gasteiger partial charge is 0.0923 e. The number of aromatic nitrogens is 3. The Morgan fingerprint density at radius 3 is 2.89 bits per heavy atom. The lowest BCUT2D eigenvalue weighted by molar-refractivity contribution is 0.626. The van der Waals surface area contributed by atoms with Crippen LogP contribution in [0.25, 0.3) is 0 Å². The first-order valence-corrected chi connectivity index (χ1v) is 3.50. The van der Waals surface area contributed by atoms with Gasteiger partial charge in [0.2, 0.25) is 0 Å². The molecule has 0 radical (unpaired) electrons. The van der Waals surface area contributed by atoms with E-state index < -0.39 is 0 Å². The maximum atomic E-state index is 4.05. The lowest BCUT2D eigenvalue weighted by atomic mass is 10.5. The highest BCUT2D eigenvalue weighted by atomic mass is 32.1. The van der Waals surface area contributed by atoms with Crippen molar-refractivity contribution in [2.75, 3.05) is 0 Å². The molecule has 4 heteroatoms. The highest BCUT2D eigenvalue weighted by Gasteiger charge is 1.93. The van der Waals surface area contributed by atoms with Crippen LogP contribution in [0.15, 0.2) is 6.20 Å². The number of hydrogen-bond acceptors (Lipinski definition) is 3. The summed E-state index contributed by atoms with van der Waals surface area (Å²) in [6.07, 6.45) is 1.90. The highest BCUT2D eigenvalue weighted by molar-refractivity contribution is 7.79. The molecule has 1 heterocycles. The maximum absolute atomic E-state index is 4.05. The Kier molecular flexibility index (Phi) is 2.10. The van der Waals surface area contributed by atoms with E-state index >= 15 is 0 Å². The van der Waals surface area contributed by atoms with Gasteiger partial charge in [0.1, 0.15) is 0 Å². The molecule has 0 aliphatic rings. The van der Waals surface area contributed by atoms with Gasteiger partial charge < -0.3 is 0 Å². The number of hydrogen-bond donors (Lipinski definition) is 1. The van der Waals surface area contributed by atoms with Gasteiger partial charge in [-0.2, -0.15) is 12.6 Å². The van der Waals surface area contributed by atoms with Gasteiger partial charge >= 0.3 is 0 Å². The van der Waals surface area contributed by atoms with E-state index in [4.69, 9.17) is 0 Å². The molecule has 0 bridgehead atoms. The number of thiol groups is 1. The van der Waals surface area contributed by atoms with Crippen molar-refractivity contribution in [3.8, 4) is 0 Å². The molecule has 0 fully saturated rings. The molecule has 50 valence electrons. The molecule has 0 saturated heterocycles. The van der Waals surface area contributed by atoms with E-state index in [0.29, 0.717) is 5.75 Å². The summed E-state index contributed by atoms with van der Waals surface area (Å²) in [4.78, 5) is 0. The van der Waals surface area contributed by atoms with Gasteiger partial charge in [-0.05, 0) is 6.92 Å². The first-order chi connectivity index (χ1) is 4.36. The number of rotatable bonds is 2. The van der Waals surface area contributed by atoms with Gasteiger partial charge in [-0.25, -0.2) is 0 Å². The van der Waals surface area contributed by atoms with E-state index in [2.05, 4.69) is 22.9 Å². The van der Waals surface area contributed by atoms with Crippen LogP contribution in [-0.2, 0) is 12.3 Å². The van der Waals surface area contributed by atoms with E-state index in [1.807, 2.05) is 13.1 Å². The van der Waals surface area contributed by atoms with Gasteiger partial charge in [-0.15, -0.1) is 5.10 Å². The molecule has 0 aromatic carbocycles. The van der Waals surface area contributed by atoms with Crippen molar-refractivity contribution >= 4 is 12.6 Å². The first-order valence-electron chi connectivity index (χ1n) is 2.86. The predicted molar refractivity (Wildman–Crippen MR) is 38.4 cm³/mol. The first kappa shape index (κ1) is 6.61. The minimum Gasteiger partial charge on any atom is -0.253 e. The van der Waals surface area contributed by atoms with Crippen molar-refractivity contribution < 1.29 is 0 Å². The van der Waals surface area contributed by atoms with Crippen LogP contribution >= 0.6 is 12.6 Å². The standard InChI is InChI=1S/C5H9N3S/c1-2-8-3-5(4-9)6-7-8/h3,9H,2,4H2,1H3. The van der Waals surface area contributed by atoms with Crippen LogP contribution in [0.5, 0.6) is 0 Å². The molecule has 1 aromatic heterocycles. The molecule has 0 aliphatic heterocycles. The Labute approximate surface area is 59.5 Å². The van der Waals surface area contributed by atoms with Crippen LogP contribution < -0.4 is 0 Å². The molecule has 0 saturated carbocycles. The van der Waals surface area contributed by atoms with Gasteiger partial charge in [-0.3, -0.25) is 4.68 Å². The maximum Gasteiger partial charge on any atom is 0.0923 e. The minimum absolute atomic E-state index is 0.667. The van der Waals surface area contributed by atoms with E-state index in [1.54, 1.807) is 4.68 Å². The zero-order valence-corrected chi connectivity index (χ0v) is 6.17. The fourth-order valence-corrected chi connectivity index (χ4v) is 0.710. The van der Waals surface area contributed by atoms with Crippen molar-refractivity contribution in [1.82, 2.24) is 15.0 Å².